The molecule has 4 nitrogen and oxygen atoms in total. The van der Waals surface area contributed by atoms with Crippen LogP contribution in [0.25, 0.3) is 5.69 Å². The number of pyridine rings is 1. The summed E-state index contributed by atoms with van der Waals surface area (Å²) < 4.78 is 2.02. The van der Waals surface area contributed by atoms with E-state index in [2.05, 4.69) is 59.0 Å². The molecule has 0 fully saturated rings. The highest BCUT2D eigenvalue weighted by Gasteiger charge is 2.13. The Balaban J connectivity index is 1.72. The zero-order chi connectivity index (χ0) is 16.8. The van der Waals surface area contributed by atoms with E-state index in [0.717, 1.165) is 25.2 Å². The van der Waals surface area contributed by atoms with Crippen LogP contribution in [0.2, 0.25) is 0 Å². The van der Waals surface area contributed by atoms with Gasteiger partial charge in [-0.05, 0) is 42.7 Å². The maximum Gasteiger partial charge on any atom is 0.0991 e. The maximum atomic E-state index is 4.23. The van der Waals surface area contributed by atoms with Gasteiger partial charge in [0.05, 0.1) is 6.33 Å². The third kappa shape index (κ3) is 4.09. The lowest BCUT2D eigenvalue weighted by Gasteiger charge is -2.28. The van der Waals surface area contributed by atoms with Crippen LogP contribution in [-0.2, 0) is 13.1 Å². The molecular weight excluding hydrogens is 296 g/mol. The van der Waals surface area contributed by atoms with Crippen LogP contribution in [0.3, 0.4) is 0 Å². The van der Waals surface area contributed by atoms with Crippen LogP contribution in [0.15, 0.2) is 67.5 Å². The van der Waals surface area contributed by atoms with E-state index in [1.807, 2.05) is 35.6 Å². The minimum Gasteiger partial charge on any atom is -0.306 e. The van der Waals surface area contributed by atoms with E-state index in [1.165, 1.54) is 11.1 Å². The summed E-state index contributed by atoms with van der Waals surface area (Å²) in [6.45, 7) is 6.39. The molecule has 0 N–H and O–H groups in total. The first-order valence-corrected chi connectivity index (χ1v) is 8.46. The van der Waals surface area contributed by atoms with E-state index >= 15 is 0 Å². The molecule has 0 radical (unpaired) electrons. The van der Waals surface area contributed by atoms with Crippen LogP contribution in [0, 0.1) is 0 Å². The molecule has 1 unspecified atom stereocenters. The predicted molar refractivity (Wildman–Crippen MR) is 96.8 cm³/mol. The number of hydrogen-bond donors (Lipinski definition) is 0. The minimum absolute atomic E-state index is 0.526. The average Bonchev–Trinajstić information content (AvgIpc) is 3.16. The smallest absolute Gasteiger partial charge is 0.0991 e. The molecule has 0 aliphatic rings. The number of rotatable bonds is 7. The summed E-state index contributed by atoms with van der Waals surface area (Å²) in [5.41, 5.74) is 3.72. The Bertz CT molecular complexity index is 720. The van der Waals surface area contributed by atoms with Gasteiger partial charge in [0.25, 0.3) is 0 Å². The number of aromatic nitrogens is 3. The van der Waals surface area contributed by atoms with Gasteiger partial charge >= 0.3 is 0 Å². The highest BCUT2D eigenvalue weighted by molar-refractivity contribution is 5.34. The van der Waals surface area contributed by atoms with Gasteiger partial charge < -0.3 is 4.57 Å². The molecule has 0 aliphatic carbocycles. The third-order valence-corrected chi connectivity index (χ3v) is 4.45. The molecule has 3 rings (SSSR count). The van der Waals surface area contributed by atoms with Crippen LogP contribution >= 0.6 is 0 Å². The Morgan fingerprint density at radius 2 is 1.79 bits per heavy atom. The quantitative estimate of drug-likeness (QED) is 0.658. The largest absolute Gasteiger partial charge is 0.306 e. The van der Waals surface area contributed by atoms with Crippen LogP contribution in [0.4, 0.5) is 0 Å². The summed E-state index contributed by atoms with van der Waals surface area (Å²) in [7, 11) is 0. The van der Waals surface area contributed by atoms with Crippen molar-refractivity contribution >= 4 is 0 Å². The van der Waals surface area contributed by atoms with Crippen molar-refractivity contribution in [3.05, 3.63) is 78.6 Å². The van der Waals surface area contributed by atoms with Crippen LogP contribution < -0.4 is 0 Å². The molecule has 124 valence electrons. The molecule has 0 spiro atoms. The van der Waals surface area contributed by atoms with Gasteiger partial charge in [-0.25, -0.2) is 4.98 Å². The first kappa shape index (κ1) is 16.4. The molecule has 3 aromatic rings. The first-order chi connectivity index (χ1) is 11.8. The van der Waals surface area contributed by atoms with Gasteiger partial charge in [0.1, 0.15) is 0 Å². The van der Waals surface area contributed by atoms with Crippen molar-refractivity contribution in [3.63, 3.8) is 0 Å². The van der Waals surface area contributed by atoms with Crippen molar-refractivity contribution in [2.24, 2.45) is 0 Å². The van der Waals surface area contributed by atoms with E-state index in [0.29, 0.717) is 6.04 Å². The second-order valence-corrected chi connectivity index (χ2v) is 6.16. The van der Waals surface area contributed by atoms with E-state index in [9.17, 15) is 0 Å². The Kier molecular flexibility index (Phi) is 5.39. The second kappa shape index (κ2) is 7.88. The number of imidazole rings is 1. The number of hydrogen-bond acceptors (Lipinski definition) is 3. The van der Waals surface area contributed by atoms with Crippen molar-refractivity contribution in [1.82, 2.24) is 19.4 Å². The molecule has 1 atom stereocenters. The maximum absolute atomic E-state index is 4.23. The first-order valence-electron chi connectivity index (χ1n) is 8.46. The predicted octanol–water partition coefficient (Wildman–Crippen LogP) is 4.07. The van der Waals surface area contributed by atoms with Crippen molar-refractivity contribution < 1.29 is 0 Å². The topological polar surface area (TPSA) is 34.0 Å². The van der Waals surface area contributed by atoms with E-state index in [1.54, 1.807) is 6.20 Å². The normalized spacial score (nSPS) is 12.5. The highest BCUT2D eigenvalue weighted by Crippen LogP contribution is 2.16. The number of nitrogens with zero attached hydrogens (tertiary/aromatic N) is 4. The monoisotopic (exact) mass is 320 g/mol. The molecule has 2 aromatic heterocycles. The van der Waals surface area contributed by atoms with Crippen LogP contribution in [-0.4, -0.2) is 25.5 Å². The average molecular weight is 320 g/mol. The van der Waals surface area contributed by atoms with Gasteiger partial charge in [-0.15, -0.1) is 0 Å². The minimum atomic E-state index is 0.526. The van der Waals surface area contributed by atoms with Crippen molar-refractivity contribution in [3.8, 4) is 5.69 Å². The molecule has 0 saturated carbocycles. The van der Waals surface area contributed by atoms with E-state index in [-0.39, 0.29) is 0 Å². The molecule has 0 aliphatic heterocycles. The highest BCUT2D eigenvalue weighted by atomic mass is 15.1. The van der Waals surface area contributed by atoms with Crippen LogP contribution in [0.1, 0.15) is 31.4 Å². The summed E-state index contributed by atoms with van der Waals surface area (Å²) in [6.07, 6.45) is 10.5. The third-order valence-electron chi connectivity index (χ3n) is 4.45. The Morgan fingerprint density at radius 3 is 2.42 bits per heavy atom. The molecule has 0 amide bonds. The van der Waals surface area contributed by atoms with Crippen molar-refractivity contribution in [2.45, 2.75) is 39.4 Å². The van der Waals surface area contributed by atoms with Crippen molar-refractivity contribution in [2.75, 3.05) is 0 Å². The fourth-order valence-corrected chi connectivity index (χ4v) is 2.77. The van der Waals surface area contributed by atoms with Crippen LogP contribution in [0.5, 0.6) is 0 Å². The van der Waals surface area contributed by atoms with Gasteiger partial charge in [-0.3, -0.25) is 9.88 Å². The summed E-state index contributed by atoms with van der Waals surface area (Å²) in [6, 6.07) is 13.4. The Hall–Kier alpha value is -2.46. The Morgan fingerprint density at radius 1 is 1.00 bits per heavy atom. The summed E-state index contributed by atoms with van der Waals surface area (Å²) in [5.74, 6) is 0. The molecular formula is C20H24N4. The van der Waals surface area contributed by atoms with E-state index in [4.69, 9.17) is 0 Å². The van der Waals surface area contributed by atoms with Gasteiger partial charge in [0, 0.05) is 49.6 Å². The standard InChI is InChI=1S/C20H24N4/c1-3-17(2)24(15-19-5-4-10-21-13-19)14-18-6-8-20(9-7-18)23-12-11-22-16-23/h4-13,16-17H,3,14-15H2,1-2H3. The zero-order valence-corrected chi connectivity index (χ0v) is 14.3. The van der Waals surface area contributed by atoms with Gasteiger partial charge in [0.2, 0.25) is 0 Å². The molecule has 0 saturated heterocycles. The summed E-state index contributed by atoms with van der Waals surface area (Å²) >= 11 is 0. The SMILES string of the molecule is CCC(C)N(Cc1ccc(-n2ccnc2)cc1)Cc1cccnc1. The van der Waals surface area contributed by atoms with Crippen molar-refractivity contribution in [1.29, 1.82) is 0 Å². The lowest BCUT2D eigenvalue weighted by atomic mass is 10.1. The lowest BCUT2D eigenvalue weighted by Crippen LogP contribution is -2.31. The van der Waals surface area contributed by atoms with Gasteiger partial charge in [-0.1, -0.05) is 25.1 Å². The summed E-state index contributed by atoms with van der Waals surface area (Å²) in [4.78, 5) is 10.8. The lowest BCUT2D eigenvalue weighted by molar-refractivity contribution is 0.186. The van der Waals surface area contributed by atoms with Gasteiger partial charge in [-0.2, -0.15) is 0 Å². The fourth-order valence-electron chi connectivity index (χ4n) is 2.77. The summed E-state index contributed by atoms with van der Waals surface area (Å²) in [5, 5.41) is 0. The molecule has 1 aromatic carbocycles. The zero-order valence-electron chi connectivity index (χ0n) is 14.3. The Labute approximate surface area is 143 Å². The molecule has 0 bridgehead atoms. The molecule has 24 heavy (non-hydrogen) atoms. The number of benzene rings is 1. The molecule has 4 heteroatoms. The van der Waals surface area contributed by atoms with E-state index < -0.39 is 0 Å². The fraction of sp³-hybridized carbons (Fsp3) is 0.300. The van der Waals surface area contributed by atoms with Gasteiger partial charge in [0.15, 0.2) is 0 Å². The second-order valence-electron chi connectivity index (χ2n) is 6.16. The molecule has 2 heterocycles.